The van der Waals surface area contributed by atoms with E-state index in [0.29, 0.717) is 31.0 Å². The first-order chi connectivity index (χ1) is 13.6. The van der Waals surface area contributed by atoms with E-state index in [1.165, 1.54) is 32.1 Å². The van der Waals surface area contributed by atoms with Gasteiger partial charge in [0.15, 0.2) is 0 Å². The van der Waals surface area contributed by atoms with Gasteiger partial charge in [-0.25, -0.2) is 0 Å². The molecule has 1 spiro atoms. The van der Waals surface area contributed by atoms with E-state index in [1.54, 1.807) is 29.2 Å². The standard InChI is InChI=1S/C23H30N2O3/c26-20(19-10-5-2-6-11-19)21(27)25-15-13-23(17-25)12-7-14-24(22(23)28)16-18-8-3-1-4-9-18/h2,5-6,10-11,18H,1,3-4,7-9,12-17H2/t23-/m1/s1. The molecule has 28 heavy (non-hydrogen) atoms. The van der Waals surface area contributed by atoms with Gasteiger partial charge in [0.1, 0.15) is 0 Å². The molecule has 2 saturated heterocycles. The molecular formula is C23H30N2O3. The quantitative estimate of drug-likeness (QED) is 0.593. The Morgan fingerprint density at radius 3 is 2.46 bits per heavy atom. The molecule has 1 saturated carbocycles. The fourth-order valence-electron chi connectivity index (χ4n) is 5.29. The van der Waals surface area contributed by atoms with Crippen LogP contribution in [0, 0.1) is 11.3 Å². The van der Waals surface area contributed by atoms with Crippen molar-refractivity contribution < 1.29 is 14.4 Å². The highest BCUT2D eigenvalue weighted by atomic mass is 16.2. The van der Waals surface area contributed by atoms with Crippen molar-refractivity contribution in [3.63, 3.8) is 0 Å². The zero-order chi connectivity index (χ0) is 19.6. The molecule has 3 aliphatic rings. The molecule has 0 unspecified atom stereocenters. The molecule has 3 fully saturated rings. The molecule has 1 aromatic carbocycles. The van der Waals surface area contributed by atoms with Crippen LogP contribution >= 0.6 is 0 Å². The zero-order valence-corrected chi connectivity index (χ0v) is 16.6. The Balaban J connectivity index is 1.41. The minimum atomic E-state index is -0.473. The molecule has 0 aromatic heterocycles. The van der Waals surface area contributed by atoms with Crippen molar-refractivity contribution >= 4 is 17.6 Å². The lowest BCUT2D eigenvalue weighted by molar-refractivity contribution is -0.146. The van der Waals surface area contributed by atoms with Gasteiger partial charge < -0.3 is 9.80 Å². The number of ketones is 1. The van der Waals surface area contributed by atoms with Crippen LogP contribution in [0.2, 0.25) is 0 Å². The summed E-state index contributed by atoms with van der Waals surface area (Å²) >= 11 is 0. The van der Waals surface area contributed by atoms with Gasteiger partial charge in [-0.1, -0.05) is 49.6 Å². The van der Waals surface area contributed by atoms with Gasteiger partial charge >= 0.3 is 0 Å². The molecule has 5 nitrogen and oxygen atoms in total. The lowest BCUT2D eigenvalue weighted by atomic mass is 9.77. The lowest BCUT2D eigenvalue weighted by Gasteiger charge is -2.41. The maximum absolute atomic E-state index is 13.3. The van der Waals surface area contributed by atoms with Crippen LogP contribution in [-0.2, 0) is 9.59 Å². The second-order valence-electron chi connectivity index (χ2n) is 8.81. The first-order valence-electron chi connectivity index (χ1n) is 10.8. The number of Topliss-reactive ketones (excluding diaryl/α,β-unsaturated/α-hetero) is 1. The Morgan fingerprint density at radius 2 is 1.71 bits per heavy atom. The normalized spacial score (nSPS) is 26.1. The van der Waals surface area contributed by atoms with E-state index in [2.05, 4.69) is 4.90 Å². The van der Waals surface area contributed by atoms with Crippen LogP contribution in [-0.4, -0.2) is 53.6 Å². The van der Waals surface area contributed by atoms with E-state index in [-0.39, 0.29) is 5.91 Å². The summed E-state index contributed by atoms with van der Waals surface area (Å²) in [6, 6.07) is 8.70. The maximum atomic E-state index is 13.3. The van der Waals surface area contributed by atoms with E-state index >= 15 is 0 Å². The molecule has 1 atom stereocenters. The van der Waals surface area contributed by atoms with Gasteiger partial charge in [0.2, 0.25) is 11.7 Å². The fraction of sp³-hybridized carbons (Fsp3) is 0.609. The maximum Gasteiger partial charge on any atom is 0.294 e. The predicted octanol–water partition coefficient (Wildman–Crippen LogP) is 3.29. The Hall–Kier alpha value is -2.17. The van der Waals surface area contributed by atoms with E-state index in [1.807, 2.05) is 6.07 Å². The third kappa shape index (κ3) is 3.71. The summed E-state index contributed by atoms with van der Waals surface area (Å²) < 4.78 is 0. The van der Waals surface area contributed by atoms with Crippen LogP contribution < -0.4 is 0 Å². The van der Waals surface area contributed by atoms with Gasteiger partial charge in [0.05, 0.1) is 5.41 Å². The number of piperidine rings is 1. The Kier molecular flexibility index (Phi) is 5.51. The lowest BCUT2D eigenvalue weighted by Crippen LogP contribution is -2.52. The molecule has 0 radical (unpaired) electrons. The van der Waals surface area contributed by atoms with Gasteiger partial charge in [0.25, 0.3) is 5.91 Å². The molecule has 1 aliphatic carbocycles. The predicted molar refractivity (Wildman–Crippen MR) is 107 cm³/mol. The average Bonchev–Trinajstić information content (AvgIpc) is 3.17. The van der Waals surface area contributed by atoms with Gasteiger partial charge in [-0.2, -0.15) is 0 Å². The molecule has 4 rings (SSSR count). The molecule has 150 valence electrons. The highest BCUT2D eigenvalue weighted by Crippen LogP contribution is 2.41. The van der Waals surface area contributed by atoms with Crippen LogP contribution in [0.25, 0.3) is 0 Å². The summed E-state index contributed by atoms with van der Waals surface area (Å²) in [7, 11) is 0. The van der Waals surface area contributed by atoms with E-state index in [0.717, 1.165) is 25.9 Å². The first-order valence-corrected chi connectivity index (χ1v) is 10.8. The largest absolute Gasteiger partial charge is 0.342 e. The molecular weight excluding hydrogens is 352 g/mol. The van der Waals surface area contributed by atoms with E-state index < -0.39 is 17.1 Å². The molecule has 2 heterocycles. The number of nitrogens with zero attached hydrogens (tertiary/aromatic N) is 2. The van der Waals surface area contributed by atoms with Crippen LogP contribution in [0.3, 0.4) is 0 Å². The topological polar surface area (TPSA) is 57.7 Å². The third-order valence-electron chi connectivity index (χ3n) is 6.90. The van der Waals surface area contributed by atoms with Crippen molar-refractivity contribution in [2.24, 2.45) is 11.3 Å². The van der Waals surface area contributed by atoms with Crippen molar-refractivity contribution in [3.05, 3.63) is 35.9 Å². The number of likely N-dealkylation sites (tertiary alicyclic amines) is 2. The SMILES string of the molecule is O=C(C(=O)N1CC[C@]2(CCCN(CC3CCCCC3)C2=O)C1)c1ccccc1. The van der Waals surface area contributed by atoms with Crippen LogP contribution in [0.4, 0.5) is 0 Å². The van der Waals surface area contributed by atoms with E-state index in [9.17, 15) is 14.4 Å². The highest BCUT2D eigenvalue weighted by molar-refractivity contribution is 6.42. The molecule has 1 aromatic rings. The number of carbonyl (C=O) groups is 3. The summed E-state index contributed by atoms with van der Waals surface area (Å²) in [5.74, 6) is -0.0984. The molecule has 2 aliphatic heterocycles. The summed E-state index contributed by atoms with van der Waals surface area (Å²) in [6.07, 6.45) is 8.84. The van der Waals surface area contributed by atoms with Gasteiger partial charge in [-0.05, 0) is 38.0 Å². The van der Waals surface area contributed by atoms with Gasteiger partial charge in [-0.15, -0.1) is 0 Å². The van der Waals surface area contributed by atoms with Gasteiger partial charge in [0, 0.05) is 31.7 Å². The van der Waals surface area contributed by atoms with Crippen LogP contribution in [0.1, 0.15) is 61.7 Å². The minimum absolute atomic E-state index is 0.215. The number of rotatable bonds is 4. The molecule has 0 bridgehead atoms. The van der Waals surface area contributed by atoms with Crippen molar-refractivity contribution in [2.45, 2.75) is 51.4 Å². The third-order valence-corrected chi connectivity index (χ3v) is 6.90. The Bertz CT molecular complexity index is 741. The number of hydrogen-bond acceptors (Lipinski definition) is 3. The summed E-state index contributed by atoms with van der Waals surface area (Å²) in [4.78, 5) is 42.3. The monoisotopic (exact) mass is 382 g/mol. The summed E-state index contributed by atoms with van der Waals surface area (Å²) in [5.41, 5.74) is -0.0538. The molecule has 5 heteroatoms. The summed E-state index contributed by atoms with van der Waals surface area (Å²) in [5, 5.41) is 0. The molecule has 2 amide bonds. The van der Waals surface area contributed by atoms with Crippen molar-refractivity contribution in [3.8, 4) is 0 Å². The number of benzene rings is 1. The zero-order valence-electron chi connectivity index (χ0n) is 16.6. The van der Waals surface area contributed by atoms with Crippen molar-refractivity contribution in [2.75, 3.05) is 26.2 Å². The fourth-order valence-corrected chi connectivity index (χ4v) is 5.29. The first kappa shape index (κ1) is 19.2. The van der Waals surface area contributed by atoms with Crippen LogP contribution in [0.15, 0.2) is 30.3 Å². The number of amides is 2. The van der Waals surface area contributed by atoms with Crippen molar-refractivity contribution in [1.82, 2.24) is 9.80 Å². The van der Waals surface area contributed by atoms with Crippen molar-refractivity contribution in [1.29, 1.82) is 0 Å². The number of hydrogen-bond donors (Lipinski definition) is 0. The Morgan fingerprint density at radius 1 is 0.964 bits per heavy atom. The van der Waals surface area contributed by atoms with Gasteiger partial charge in [-0.3, -0.25) is 14.4 Å². The van der Waals surface area contributed by atoms with E-state index in [4.69, 9.17) is 0 Å². The Labute approximate surface area is 167 Å². The average molecular weight is 383 g/mol. The summed E-state index contributed by atoms with van der Waals surface area (Å²) in [6.45, 7) is 2.61. The second-order valence-corrected chi connectivity index (χ2v) is 8.81. The van der Waals surface area contributed by atoms with Crippen LogP contribution in [0.5, 0.6) is 0 Å². The second kappa shape index (κ2) is 8.06. The highest BCUT2D eigenvalue weighted by Gasteiger charge is 2.50. The minimum Gasteiger partial charge on any atom is -0.342 e. The molecule has 0 N–H and O–H groups in total. The number of carbonyl (C=O) groups excluding carboxylic acids is 3. The smallest absolute Gasteiger partial charge is 0.294 e.